The number of hydrogen-bond donors (Lipinski definition) is 0. The van der Waals surface area contributed by atoms with Crippen molar-refractivity contribution in [2.24, 2.45) is 0 Å². The lowest BCUT2D eigenvalue weighted by Gasteiger charge is -2.04. The number of thiophene rings is 1. The SMILES string of the molecule is c1ccc(-c2coc(-c3ccccc3)c2-c2cccs2)cc1. The average molecular weight is 302 g/mol. The van der Waals surface area contributed by atoms with Crippen molar-refractivity contribution in [1.29, 1.82) is 0 Å². The Hall–Kier alpha value is -2.58. The fourth-order valence-electron chi connectivity index (χ4n) is 2.66. The van der Waals surface area contributed by atoms with Gasteiger partial charge in [0, 0.05) is 21.6 Å². The molecule has 0 atom stereocenters. The van der Waals surface area contributed by atoms with Crippen LogP contribution in [-0.2, 0) is 0 Å². The molecule has 2 aromatic heterocycles. The summed E-state index contributed by atoms with van der Waals surface area (Å²) in [5.41, 5.74) is 4.60. The fraction of sp³-hybridized carbons (Fsp3) is 0. The van der Waals surface area contributed by atoms with E-state index in [-0.39, 0.29) is 0 Å². The van der Waals surface area contributed by atoms with Gasteiger partial charge in [-0.25, -0.2) is 0 Å². The van der Waals surface area contributed by atoms with Crippen LogP contribution in [0.15, 0.2) is 88.9 Å². The third-order valence-corrected chi connectivity index (χ3v) is 4.57. The predicted octanol–water partition coefficient (Wildman–Crippen LogP) is 6.34. The zero-order chi connectivity index (χ0) is 14.8. The largest absolute Gasteiger partial charge is 0.463 e. The van der Waals surface area contributed by atoms with Gasteiger partial charge in [-0.15, -0.1) is 11.3 Å². The standard InChI is InChI=1S/C20H14OS/c1-3-8-15(9-4-1)17-14-21-20(16-10-5-2-6-11-16)19(17)18-12-7-13-22-18/h1-14H. The van der Waals surface area contributed by atoms with Crippen LogP contribution in [-0.4, -0.2) is 0 Å². The van der Waals surface area contributed by atoms with E-state index in [1.54, 1.807) is 11.3 Å². The quantitative estimate of drug-likeness (QED) is 0.430. The molecule has 22 heavy (non-hydrogen) atoms. The Bertz CT molecular complexity index is 802. The van der Waals surface area contributed by atoms with Crippen molar-refractivity contribution >= 4 is 11.3 Å². The van der Waals surface area contributed by atoms with E-state index in [0.717, 1.165) is 16.9 Å². The lowest BCUT2D eigenvalue weighted by molar-refractivity contribution is 0.584. The molecular formula is C20H14OS. The van der Waals surface area contributed by atoms with Crippen LogP contribution < -0.4 is 0 Å². The molecule has 2 heteroatoms. The molecule has 2 aromatic carbocycles. The molecule has 2 heterocycles. The third-order valence-electron chi connectivity index (χ3n) is 3.68. The van der Waals surface area contributed by atoms with E-state index in [9.17, 15) is 0 Å². The Labute approximate surface area is 133 Å². The van der Waals surface area contributed by atoms with Crippen molar-refractivity contribution in [3.63, 3.8) is 0 Å². The summed E-state index contributed by atoms with van der Waals surface area (Å²) in [6.45, 7) is 0. The van der Waals surface area contributed by atoms with Gasteiger partial charge in [0.05, 0.1) is 6.26 Å². The lowest BCUT2D eigenvalue weighted by atomic mass is 9.99. The molecule has 4 aromatic rings. The molecule has 1 nitrogen and oxygen atoms in total. The minimum atomic E-state index is 0.932. The second kappa shape index (κ2) is 5.66. The number of hydrogen-bond acceptors (Lipinski definition) is 2. The molecule has 4 rings (SSSR count). The summed E-state index contributed by atoms with van der Waals surface area (Å²) >= 11 is 1.74. The molecule has 0 N–H and O–H groups in total. The summed E-state index contributed by atoms with van der Waals surface area (Å²) < 4.78 is 5.97. The summed E-state index contributed by atoms with van der Waals surface area (Å²) in [6, 6.07) is 24.9. The highest BCUT2D eigenvalue weighted by Gasteiger charge is 2.18. The molecule has 0 aliphatic rings. The topological polar surface area (TPSA) is 13.1 Å². The smallest absolute Gasteiger partial charge is 0.143 e. The normalized spacial score (nSPS) is 10.7. The van der Waals surface area contributed by atoms with E-state index in [0.29, 0.717) is 0 Å². The van der Waals surface area contributed by atoms with Gasteiger partial charge in [-0.2, -0.15) is 0 Å². The van der Waals surface area contributed by atoms with Crippen LogP contribution in [0.4, 0.5) is 0 Å². The van der Waals surface area contributed by atoms with E-state index in [1.807, 2.05) is 30.5 Å². The maximum Gasteiger partial charge on any atom is 0.143 e. The lowest BCUT2D eigenvalue weighted by Crippen LogP contribution is -1.81. The maximum absolute atomic E-state index is 5.97. The Balaban J connectivity index is 1.96. The van der Waals surface area contributed by atoms with Crippen molar-refractivity contribution in [2.75, 3.05) is 0 Å². The van der Waals surface area contributed by atoms with E-state index in [1.165, 1.54) is 16.0 Å². The van der Waals surface area contributed by atoms with E-state index < -0.39 is 0 Å². The highest BCUT2D eigenvalue weighted by Crippen LogP contribution is 2.43. The van der Waals surface area contributed by atoms with Gasteiger partial charge in [0.1, 0.15) is 5.76 Å². The molecule has 0 amide bonds. The Kier molecular flexibility index (Phi) is 3.37. The first-order chi connectivity index (χ1) is 10.9. The molecule has 0 fully saturated rings. The van der Waals surface area contributed by atoms with E-state index in [4.69, 9.17) is 4.42 Å². The second-order valence-corrected chi connectivity index (χ2v) is 6.01. The first kappa shape index (κ1) is 13.1. The van der Waals surface area contributed by atoms with Crippen LogP contribution in [0.25, 0.3) is 32.9 Å². The Morgan fingerprint density at radius 3 is 2.00 bits per heavy atom. The van der Waals surface area contributed by atoms with Gasteiger partial charge in [0.15, 0.2) is 0 Å². The minimum Gasteiger partial charge on any atom is -0.463 e. The van der Waals surface area contributed by atoms with Crippen LogP contribution in [0.5, 0.6) is 0 Å². The van der Waals surface area contributed by atoms with Gasteiger partial charge in [0.25, 0.3) is 0 Å². The third kappa shape index (κ3) is 2.28. The van der Waals surface area contributed by atoms with Gasteiger partial charge in [-0.05, 0) is 17.0 Å². The molecule has 0 aliphatic carbocycles. The van der Waals surface area contributed by atoms with E-state index >= 15 is 0 Å². The van der Waals surface area contributed by atoms with Crippen molar-refractivity contribution in [2.45, 2.75) is 0 Å². The molecule has 0 bridgehead atoms. The van der Waals surface area contributed by atoms with Crippen LogP contribution in [0.1, 0.15) is 0 Å². The van der Waals surface area contributed by atoms with Crippen LogP contribution in [0.3, 0.4) is 0 Å². The number of benzene rings is 2. The highest BCUT2D eigenvalue weighted by molar-refractivity contribution is 7.13. The first-order valence-corrected chi connectivity index (χ1v) is 8.07. The van der Waals surface area contributed by atoms with E-state index in [2.05, 4.69) is 53.9 Å². The Morgan fingerprint density at radius 2 is 1.36 bits per heavy atom. The Morgan fingerprint density at radius 1 is 0.682 bits per heavy atom. The van der Waals surface area contributed by atoms with Gasteiger partial charge >= 0.3 is 0 Å². The fourth-order valence-corrected chi connectivity index (χ4v) is 3.44. The summed E-state index contributed by atoms with van der Waals surface area (Å²) in [4.78, 5) is 1.23. The minimum absolute atomic E-state index is 0.932. The van der Waals surface area contributed by atoms with Crippen molar-refractivity contribution in [3.8, 4) is 32.9 Å². The molecule has 0 saturated carbocycles. The zero-order valence-electron chi connectivity index (χ0n) is 11.9. The van der Waals surface area contributed by atoms with Crippen LogP contribution >= 0.6 is 11.3 Å². The molecule has 0 aliphatic heterocycles. The van der Waals surface area contributed by atoms with Crippen molar-refractivity contribution in [3.05, 3.63) is 84.4 Å². The summed E-state index contributed by atoms with van der Waals surface area (Å²) in [6.07, 6.45) is 1.87. The first-order valence-electron chi connectivity index (χ1n) is 7.20. The predicted molar refractivity (Wildman–Crippen MR) is 92.9 cm³/mol. The summed E-state index contributed by atoms with van der Waals surface area (Å²) in [5, 5.41) is 2.10. The second-order valence-electron chi connectivity index (χ2n) is 5.06. The molecule has 106 valence electrons. The monoisotopic (exact) mass is 302 g/mol. The molecule has 0 radical (unpaired) electrons. The van der Waals surface area contributed by atoms with Crippen molar-refractivity contribution < 1.29 is 4.42 Å². The maximum atomic E-state index is 5.97. The van der Waals surface area contributed by atoms with Crippen molar-refractivity contribution in [1.82, 2.24) is 0 Å². The van der Waals surface area contributed by atoms with Gasteiger partial charge in [0.2, 0.25) is 0 Å². The molecule has 0 spiro atoms. The van der Waals surface area contributed by atoms with Crippen LogP contribution in [0, 0.1) is 0 Å². The molecule has 0 saturated heterocycles. The average Bonchev–Trinajstić information content (AvgIpc) is 3.25. The van der Waals surface area contributed by atoms with Gasteiger partial charge in [-0.1, -0.05) is 66.7 Å². The molecular weight excluding hydrogens is 288 g/mol. The van der Waals surface area contributed by atoms with Gasteiger partial charge < -0.3 is 4.42 Å². The van der Waals surface area contributed by atoms with Crippen LogP contribution in [0.2, 0.25) is 0 Å². The highest BCUT2D eigenvalue weighted by atomic mass is 32.1. The number of rotatable bonds is 3. The zero-order valence-corrected chi connectivity index (χ0v) is 12.7. The van der Waals surface area contributed by atoms with Gasteiger partial charge in [-0.3, -0.25) is 0 Å². The summed E-state index contributed by atoms with van der Waals surface area (Å²) in [5.74, 6) is 0.932. The number of furan rings is 1. The summed E-state index contributed by atoms with van der Waals surface area (Å²) in [7, 11) is 0. The molecule has 0 unspecified atom stereocenters.